The number of nitrogens with one attached hydrogen (secondary N) is 1. The molecule has 1 aromatic carbocycles. The molecule has 1 N–H and O–H groups in total. The molecule has 1 aromatic rings. The second-order valence-corrected chi connectivity index (χ2v) is 4.91. The lowest BCUT2D eigenvalue weighted by molar-refractivity contribution is 0.554. The molecule has 0 amide bonds. The summed E-state index contributed by atoms with van der Waals surface area (Å²) in [6.07, 6.45) is 1.05. The second-order valence-electron chi connectivity index (χ2n) is 3.13. The highest BCUT2D eigenvalue weighted by atomic mass is 32.2. The molecule has 0 radical (unpaired) electrons. The molecule has 1 rings (SSSR count). The van der Waals surface area contributed by atoms with Crippen LogP contribution in [0.15, 0.2) is 24.3 Å². The molecule has 0 aliphatic heterocycles. The van der Waals surface area contributed by atoms with Crippen LogP contribution in [-0.4, -0.2) is 14.7 Å². The van der Waals surface area contributed by atoms with Crippen LogP contribution >= 0.6 is 0 Å². The lowest BCUT2D eigenvalue weighted by Crippen LogP contribution is -2.25. The van der Waals surface area contributed by atoms with Crippen molar-refractivity contribution in [1.29, 1.82) is 0 Å². The van der Waals surface area contributed by atoms with Gasteiger partial charge in [-0.3, -0.25) is 0 Å². The summed E-state index contributed by atoms with van der Waals surface area (Å²) in [6.45, 7) is 1.60. The third-order valence-corrected chi connectivity index (χ3v) is 2.54. The van der Waals surface area contributed by atoms with E-state index in [4.69, 9.17) is 0 Å². The molecule has 1 atom stereocenters. The van der Waals surface area contributed by atoms with E-state index < -0.39 is 21.9 Å². The van der Waals surface area contributed by atoms with E-state index in [0.29, 0.717) is 5.56 Å². The molecule has 5 heteroatoms. The molecular formula is C9H12FNO2S. The van der Waals surface area contributed by atoms with Crippen molar-refractivity contribution in [3.05, 3.63) is 35.6 Å². The largest absolute Gasteiger partial charge is 0.213 e. The summed E-state index contributed by atoms with van der Waals surface area (Å²) in [6, 6.07) is 5.53. The Labute approximate surface area is 83.0 Å². The summed E-state index contributed by atoms with van der Waals surface area (Å²) in [5.74, 6) is -0.406. The zero-order valence-corrected chi connectivity index (χ0v) is 8.81. The fourth-order valence-corrected chi connectivity index (χ4v) is 1.98. The first-order valence-corrected chi connectivity index (χ1v) is 6.01. The van der Waals surface area contributed by atoms with E-state index >= 15 is 0 Å². The highest BCUT2D eigenvalue weighted by Crippen LogP contribution is 2.16. The zero-order valence-electron chi connectivity index (χ0n) is 7.99. The molecule has 0 unspecified atom stereocenters. The van der Waals surface area contributed by atoms with Gasteiger partial charge in [-0.15, -0.1) is 0 Å². The number of hydrogen-bond acceptors (Lipinski definition) is 2. The van der Waals surface area contributed by atoms with Crippen molar-refractivity contribution in [2.45, 2.75) is 13.0 Å². The van der Waals surface area contributed by atoms with Crippen molar-refractivity contribution in [2.24, 2.45) is 0 Å². The van der Waals surface area contributed by atoms with Gasteiger partial charge in [-0.05, 0) is 13.0 Å². The lowest BCUT2D eigenvalue weighted by Gasteiger charge is -2.12. The van der Waals surface area contributed by atoms with Crippen molar-refractivity contribution < 1.29 is 12.8 Å². The van der Waals surface area contributed by atoms with Crippen molar-refractivity contribution >= 4 is 10.0 Å². The highest BCUT2D eigenvalue weighted by Gasteiger charge is 2.13. The molecule has 0 aliphatic rings. The van der Waals surface area contributed by atoms with Gasteiger partial charge in [-0.2, -0.15) is 0 Å². The summed E-state index contributed by atoms with van der Waals surface area (Å²) in [5.41, 5.74) is 0.345. The summed E-state index contributed by atoms with van der Waals surface area (Å²) < 4.78 is 37.3. The SMILES string of the molecule is C[C@@H](NS(C)(=O)=O)c1ccccc1F. The Kier molecular flexibility index (Phi) is 3.23. The highest BCUT2D eigenvalue weighted by molar-refractivity contribution is 7.88. The van der Waals surface area contributed by atoms with Crippen LogP contribution in [0.25, 0.3) is 0 Å². The van der Waals surface area contributed by atoms with Gasteiger partial charge in [-0.1, -0.05) is 18.2 Å². The van der Waals surface area contributed by atoms with Gasteiger partial charge in [0.1, 0.15) is 5.82 Å². The smallest absolute Gasteiger partial charge is 0.209 e. The average Bonchev–Trinajstić information content (AvgIpc) is 2.01. The molecule has 3 nitrogen and oxygen atoms in total. The lowest BCUT2D eigenvalue weighted by atomic mass is 10.1. The van der Waals surface area contributed by atoms with Crippen molar-refractivity contribution in [1.82, 2.24) is 4.72 Å². The quantitative estimate of drug-likeness (QED) is 0.832. The Hall–Kier alpha value is -0.940. The average molecular weight is 217 g/mol. The van der Waals surface area contributed by atoms with Gasteiger partial charge in [0.05, 0.1) is 6.26 Å². The number of rotatable bonds is 3. The van der Waals surface area contributed by atoms with Gasteiger partial charge in [0, 0.05) is 11.6 Å². The van der Waals surface area contributed by atoms with Crippen LogP contribution in [0.4, 0.5) is 4.39 Å². The van der Waals surface area contributed by atoms with E-state index in [2.05, 4.69) is 4.72 Å². The van der Waals surface area contributed by atoms with Crippen LogP contribution in [0.1, 0.15) is 18.5 Å². The van der Waals surface area contributed by atoms with E-state index in [1.54, 1.807) is 25.1 Å². The number of benzene rings is 1. The number of hydrogen-bond donors (Lipinski definition) is 1. The monoisotopic (exact) mass is 217 g/mol. The third kappa shape index (κ3) is 3.08. The Morgan fingerprint density at radius 1 is 1.36 bits per heavy atom. The zero-order chi connectivity index (χ0) is 10.8. The second kappa shape index (κ2) is 4.06. The van der Waals surface area contributed by atoms with E-state index in [1.807, 2.05) is 0 Å². The standard InChI is InChI=1S/C9H12FNO2S/c1-7(11-14(2,12)13)8-5-3-4-6-9(8)10/h3-7,11H,1-2H3/t7-/m1/s1. The van der Waals surface area contributed by atoms with Crippen LogP contribution in [0.3, 0.4) is 0 Å². The van der Waals surface area contributed by atoms with Gasteiger partial charge >= 0.3 is 0 Å². The van der Waals surface area contributed by atoms with E-state index in [9.17, 15) is 12.8 Å². The maximum absolute atomic E-state index is 13.2. The summed E-state index contributed by atoms with van der Waals surface area (Å²) in [5, 5.41) is 0. The third-order valence-electron chi connectivity index (χ3n) is 1.76. The fourth-order valence-electron chi connectivity index (χ4n) is 1.21. The molecule has 0 saturated heterocycles. The van der Waals surface area contributed by atoms with Crippen LogP contribution in [0, 0.1) is 5.82 Å². The Morgan fingerprint density at radius 2 is 1.93 bits per heavy atom. The van der Waals surface area contributed by atoms with E-state index in [0.717, 1.165) is 6.26 Å². The minimum Gasteiger partial charge on any atom is -0.213 e. The van der Waals surface area contributed by atoms with Crippen molar-refractivity contribution in [3.63, 3.8) is 0 Å². The van der Waals surface area contributed by atoms with Gasteiger partial charge in [0.25, 0.3) is 0 Å². The predicted octanol–water partition coefficient (Wildman–Crippen LogP) is 1.44. The molecule has 0 fully saturated rings. The van der Waals surface area contributed by atoms with Gasteiger partial charge in [-0.25, -0.2) is 17.5 Å². The molecule has 0 spiro atoms. The molecule has 14 heavy (non-hydrogen) atoms. The maximum atomic E-state index is 13.2. The van der Waals surface area contributed by atoms with Crippen LogP contribution < -0.4 is 4.72 Å². The predicted molar refractivity (Wildman–Crippen MR) is 52.8 cm³/mol. The summed E-state index contributed by atoms with van der Waals surface area (Å²) in [4.78, 5) is 0. The summed E-state index contributed by atoms with van der Waals surface area (Å²) in [7, 11) is -3.30. The molecular weight excluding hydrogens is 205 g/mol. The first-order valence-electron chi connectivity index (χ1n) is 4.12. The molecule has 0 aromatic heterocycles. The Morgan fingerprint density at radius 3 is 2.43 bits per heavy atom. The minimum absolute atomic E-state index is 0.345. The maximum Gasteiger partial charge on any atom is 0.209 e. The van der Waals surface area contributed by atoms with Crippen molar-refractivity contribution in [2.75, 3.05) is 6.26 Å². The van der Waals surface area contributed by atoms with Crippen molar-refractivity contribution in [3.8, 4) is 0 Å². The van der Waals surface area contributed by atoms with Gasteiger partial charge in [0.15, 0.2) is 0 Å². The van der Waals surface area contributed by atoms with E-state index in [1.165, 1.54) is 6.07 Å². The first-order chi connectivity index (χ1) is 6.40. The molecule has 0 bridgehead atoms. The molecule has 78 valence electrons. The Balaban J connectivity index is 2.90. The minimum atomic E-state index is -3.30. The van der Waals surface area contributed by atoms with Crippen LogP contribution in [-0.2, 0) is 10.0 Å². The van der Waals surface area contributed by atoms with E-state index in [-0.39, 0.29) is 0 Å². The summed E-state index contributed by atoms with van der Waals surface area (Å²) >= 11 is 0. The normalized spacial score (nSPS) is 13.9. The number of sulfonamides is 1. The fraction of sp³-hybridized carbons (Fsp3) is 0.333. The Bertz CT molecular complexity index is 417. The van der Waals surface area contributed by atoms with Crippen LogP contribution in [0.5, 0.6) is 0 Å². The molecule has 0 saturated carbocycles. The molecule has 0 aliphatic carbocycles. The topological polar surface area (TPSA) is 46.2 Å². The molecule has 0 heterocycles. The van der Waals surface area contributed by atoms with Gasteiger partial charge in [0.2, 0.25) is 10.0 Å². The first kappa shape index (κ1) is 11.1. The number of halogens is 1. The van der Waals surface area contributed by atoms with Gasteiger partial charge < -0.3 is 0 Å². The van der Waals surface area contributed by atoms with Crippen LogP contribution in [0.2, 0.25) is 0 Å².